The highest BCUT2D eigenvalue weighted by Gasteiger charge is 2.67. The Labute approximate surface area is 277 Å². The van der Waals surface area contributed by atoms with E-state index in [-0.39, 0.29) is 41.4 Å². The fraction of sp³-hybridized carbons (Fsp3) is 0.190. The number of fused-ring (bicyclic) bond motifs is 3. The summed E-state index contributed by atoms with van der Waals surface area (Å²) in [5.74, 6) is -4.19. The highest BCUT2D eigenvalue weighted by molar-refractivity contribution is 6.25. The van der Waals surface area contributed by atoms with E-state index in [9.17, 15) is 19.2 Å². The van der Waals surface area contributed by atoms with Gasteiger partial charge < -0.3 is 0 Å². The van der Waals surface area contributed by atoms with E-state index in [1.165, 1.54) is 9.80 Å². The number of carbonyl (C=O) groups is 4. The molecule has 0 N–H and O–H groups in total. The second-order valence-corrected chi connectivity index (χ2v) is 13.8. The standard InChI is InChI=1S/C42H30N2O4/c45-39-33-22-32(25-10-2-1-3-11-25)34-30-18-19-31(35(34)38(33)42(48)43(39)28-16-14-23-8-4-6-12-26(23)20-28)37-36(30)40(46)44(41(37)47)29-17-15-24-9-5-7-13-27(24)21-29/h1-21,30-31,33,35-38H,22H2/t30-,31-,33+,35+,36-,37+,38-/m1/s1. The highest BCUT2D eigenvalue weighted by Crippen LogP contribution is 2.63. The number of rotatable bonds is 3. The van der Waals surface area contributed by atoms with Crippen molar-refractivity contribution in [1.29, 1.82) is 0 Å². The van der Waals surface area contributed by atoms with Crippen LogP contribution in [0, 0.1) is 41.4 Å². The molecule has 6 aliphatic rings. The van der Waals surface area contributed by atoms with Gasteiger partial charge in [-0.2, -0.15) is 0 Å². The minimum absolute atomic E-state index is 0.188. The van der Waals surface area contributed by atoms with E-state index in [4.69, 9.17) is 0 Å². The Kier molecular flexibility index (Phi) is 5.69. The van der Waals surface area contributed by atoms with E-state index < -0.39 is 23.7 Å². The van der Waals surface area contributed by atoms with Gasteiger partial charge in [0.2, 0.25) is 23.6 Å². The second kappa shape index (κ2) is 9.94. The molecule has 5 aromatic carbocycles. The van der Waals surface area contributed by atoms with Crippen molar-refractivity contribution in [2.45, 2.75) is 6.42 Å². The summed E-state index contributed by atoms with van der Waals surface area (Å²) in [5.41, 5.74) is 4.24. The largest absolute Gasteiger partial charge is 0.274 e. The maximum absolute atomic E-state index is 14.6. The maximum atomic E-state index is 14.6. The van der Waals surface area contributed by atoms with Gasteiger partial charge in [-0.25, -0.2) is 4.90 Å². The number of nitrogens with zero attached hydrogens (tertiary/aromatic N) is 2. The number of imide groups is 2. The van der Waals surface area contributed by atoms with Gasteiger partial charge in [-0.05, 0) is 69.3 Å². The first kappa shape index (κ1) is 27.5. The van der Waals surface area contributed by atoms with Crippen molar-refractivity contribution >= 4 is 62.1 Å². The molecule has 6 heteroatoms. The van der Waals surface area contributed by atoms with Crippen LogP contribution >= 0.6 is 0 Å². The van der Waals surface area contributed by atoms with Crippen LogP contribution in [0.4, 0.5) is 11.4 Å². The van der Waals surface area contributed by atoms with E-state index >= 15 is 0 Å². The van der Waals surface area contributed by atoms with Crippen molar-refractivity contribution in [3.63, 3.8) is 0 Å². The summed E-state index contributed by atoms with van der Waals surface area (Å²) in [7, 11) is 0. The summed E-state index contributed by atoms with van der Waals surface area (Å²) in [4.78, 5) is 60.6. The Morgan fingerprint density at radius 1 is 0.479 bits per heavy atom. The quantitative estimate of drug-likeness (QED) is 0.157. The molecule has 6 nitrogen and oxygen atoms in total. The van der Waals surface area contributed by atoms with Crippen molar-refractivity contribution in [3.05, 3.63) is 139 Å². The van der Waals surface area contributed by atoms with Crippen LogP contribution in [0.2, 0.25) is 0 Å². The lowest BCUT2D eigenvalue weighted by atomic mass is 9.49. The lowest BCUT2D eigenvalue weighted by molar-refractivity contribution is -0.129. The first-order chi connectivity index (χ1) is 23.5. The lowest BCUT2D eigenvalue weighted by Gasteiger charge is -2.51. The van der Waals surface area contributed by atoms with Gasteiger partial charge in [0.15, 0.2) is 0 Å². The Morgan fingerprint density at radius 3 is 1.67 bits per heavy atom. The minimum atomic E-state index is -0.609. The summed E-state index contributed by atoms with van der Waals surface area (Å²) in [6, 6.07) is 37.3. The molecule has 0 aromatic heterocycles. The van der Waals surface area contributed by atoms with Gasteiger partial charge in [-0.15, -0.1) is 0 Å². The Morgan fingerprint density at radius 2 is 1.02 bits per heavy atom. The molecule has 4 amide bonds. The molecule has 2 saturated heterocycles. The molecule has 7 atom stereocenters. The topological polar surface area (TPSA) is 74.8 Å². The molecule has 5 aromatic rings. The van der Waals surface area contributed by atoms with Crippen LogP contribution in [0.3, 0.4) is 0 Å². The molecule has 0 unspecified atom stereocenters. The van der Waals surface area contributed by atoms with Gasteiger partial charge in [0, 0.05) is 11.8 Å². The lowest BCUT2D eigenvalue weighted by Crippen LogP contribution is -2.51. The van der Waals surface area contributed by atoms with Gasteiger partial charge in [-0.3, -0.25) is 24.1 Å². The fourth-order valence-corrected chi connectivity index (χ4v) is 9.66. The summed E-state index contributed by atoms with van der Waals surface area (Å²) >= 11 is 0. The fourth-order valence-electron chi connectivity index (χ4n) is 9.66. The molecule has 2 aliphatic heterocycles. The Bertz CT molecular complexity index is 2320. The van der Waals surface area contributed by atoms with Crippen LogP contribution in [-0.4, -0.2) is 23.6 Å². The molecule has 4 aliphatic carbocycles. The third-order valence-corrected chi connectivity index (χ3v) is 11.6. The first-order valence-electron chi connectivity index (χ1n) is 16.7. The third-order valence-electron chi connectivity index (χ3n) is 11.6. The first-order valence-corrected chi connectivity index (χ1v) is 16.7. The number of carbonyl (C=O) groups excluding carboxylic acids is 4. The van der Waals surface area contributed by atoms with Crippen LogP contribution in [0.5, 0.6) is 0 Å². The maximum Gasteiger partial charge on any atom is 0.238 e. The van der Waals surface area contributed by atoms with Gasteiger partial charge in [0.1, 0.15) is 0 Å². The van der Waals surface area contributed by atoms with E-state index in [2.05, 4.69) is 24.3 Å². The normalized spacial score (nSPS) is 28.9. The van der Waals surface area contributed by atoms with Crippen LogP contribution in [0.15, 0.2) is 133 Å². The molecular formula is C42H30N2O4. The molecule has 2 heterocycles. The predicted molar refractivity (Wildman–Crippen MR) is 184 cm³/mol. The predicted octanol–water partition coefficient (Wildman–Crippen LogP) is 7.19. The van der Waals surface area contributed by atoms with Crippen molar-refractivity contribution in [1.82, 2.24) is 0 Å². The molecule has 0 radical (unpaired) electrons. The number of allylic oxidation sites excluding steroid dienone is 4. The number of benzene rings is 5. The zero-order valence-electron chi connectivity index (χ0n) is 25.9. The molecule has 48 heavy (non-hydrogen) atoms. The molecule has 0 spiro atoms. The van der Waals surface area contributed by atoms with E-state index in [0.717, 1.165) is 38.3 Å². The molecule has 232 valence electrons. The third kappa shape index (κ3) is 3.63. The number of amides is 4. The van der Waals surface area contributed by atoms with E-state index in [0.29, 0.717) is 17.8 Å². The smallest absolute Gasteiger partial charge is 0.238 e. The van der Waals surface area contributed by atoms with E-state index in [1.54, 1.807) is 0 Å². The monoisotopic (exact) mass is 626 g/mol. The zero-order valence-corrected chi connectivity index (χ0v) is 25.9. The van der Waals surface area contributed by atoms with Crippen molar-refractivity contribution in [2.75, 3.05) is 9.80 Å². The van der Waals surface area contributed by atoms with Gasteiger partial charge in [0.25, 0.3) is 0 Å². The summed E-state index contributed by atoms with van der Waals surface area (Å²) in [6.07, 6.45) is 4.58. The SMILES string of the molecule is O=C1[C@H]2[C@@H]3C=C[C@H](C4=C(c5ccccc5)C[C@@H]5C(=O)N(c6ccc7ccccc7c6)C(=O)[C@H]5[C@H]43)[C@H]2C(=O)N1c1ccc2ccccc2c1. The Hall–Kier alpha value is -5.62. The van der Waals surface area contributed by atoms with Crippen molar-refractivity contribution < 1.29 is 19.2 Å². The summed E-state index contributed by atoms with van der Waals surface area (Å²) in [6.45, 7) is 0. The van der Waals surface area contributed by atoms with Crippen LogP contribution < -0.4 is 9.80 Å². The van der Waals surface area contributed by atoms with Gasteiger partial charge in [-0.1, -0.05) is 109 Å². The highest BCUT2D eigenvalue weighted by atomic mass is 16.2. The summed E-state index contributed by atoms with van der Waals surface area (Å²) in [5, 5.41) is 3.99. The number of anilines is 2. The molecule has 2 bridgehead atoms. The van der Waals surface area contributed by atoms with Gasteiger partial charge in [0.05, 0.1) is 35.0 Å². The van der Waals surface area contributed by atoms with Crippen LogP contribution in [0.1, 0.15) is 12.0 Å². The van der Waals surface area contributed by atoms with Crippen LogP contribution in [-0.2, 0) is 19.2 Å². The zero-order chi connectivity index (χ0) is 32.3. The second-order valence-electron chi connectivity index (χ2n) is 13.8. The molecule has 11 rings (SSSR count). The van der Waals surface area contributed by atoms with Crippen molar-refractivity contribution in [2.24, 2.45) is 41.4 Å². The molecule has 3 fully saturated rings. The minimum Gasteiger partial charge on any atom is -0.274 e. The summed E-state index contributed by atoms with van der Waals surface area (Å²) < 4.78 is 0. The average molecular weight is 627 g/mol. The Balaban J connectivity index is 1.11. The van der Waals surface area contributed by atoms with Crippen LogP contribution in [0.25, 0.3) is 27.1 Å². The molecular weight excluding hydrogens is 596 g/mol. The van der Waals surface area contributed by atoms with Crippen molar-refractivity contribution in [3.8, 4) is 0 Å². The number of hydrogen-bond donors (Lipinski definition) is 0. The van der Waals surface area contributed by atoms with Gasteiger partial charge >= 0.3 is 0 Å². The molecule has 1 saturated carbocycles. The average Bonchev–Trinajstić information content (AvgIpc) is 3.56. The number of hydrogen-bond acceptors (Lipinski definition) is 4. The van der Waals surface area contributed by atoms with E-state index in [1.807, 2.05) is 103 Å².